The maximum absolute atomic E-state index is 11.4. The van der Waals surface area contributed by atoms with Crippen molar-refractivity contribution in [1.82, 2.24) is 5.32 Å². The molecule has 2 unspecified atom stereocenters. The van der Waals surface area contributed by atoms with E-state index in [0.29, 0.717) is 11.8 Å². The molecule has 12 heavy (non-hydrogen) atoms. The van der Waals surface area contributed by atoms with Crippen LogP contribution in [0.1, 0.15) is 39.0 Å². The number of hydrogen-bond acceptors (Lipinski definition) is 1. The number of carbonyl (C=O) groups is 1. The Kier molecular flexibility index (Phi) is 3.57. The Bertz CT molecular complexity index is 156. The Morgan fingerprint density at radius 2 is 2.08 bits per heavy atom. The standard InChI is InChI=1S/C10H19NO/c1-3-8-6-4-5-7-9(8)10(12)11-2/h8-9H,3-7H2,1-2H3,(H,11,12). The van der Waals surface area contributed by atoms with E-state index in [2.05, 4.69) is 12.2 Å². The first-order chi connectivity index (χ1) is 5.79. The second kappa shape index (κ2) is 4.48. The van der Waals surface area contributed by atoms with Gasteiger partial charge in [0.1, 0.15) is 0 Å². The predicted octanol–water partition coefficient (Wildman–Crippen LogP) is 1.95. The van der Waals surface area contributed by atoms with E-state index in [-0.39, 0.29) is 5.91 Å². The summed E-state index contributed by atoms with van der Waals surface area (Å²) in [6.07, 6.45) is 6.03. The predicted molar refractivity (Wildman–Crippen MR) is 49.8 cm³/mol. The smallest absolute Gasteiger partial charge is 0.223 e. The van der Waals surface area contributed by atoms with Crippen LogP contribution in [-0.4, -0.2) is 13.0 Å². The maximum Gasteiger partial charge on any atom is 0.223 e. The maximum atomic E-state index is 11.4. The minimum Gasteiger partial charge on any atom is -0.359 e. The summed E-state index contributed by atoms with van der Waals surface area (Å²) < 4.78 is 0. The van der Waals surface area contributed by atoms with Gasteiger partial charge in [-0.25, -0.2) is 0 Å². The highest BCUT2D eigenvalue weighted by Crippen LogP contribution is 2.32. The van der Waals surface area contributed by atoms with Gasteiger partial charge < -0.3 is 5.32 Å². The zero-order valence-corrected chi connectivity index (χ0v) is 8.10. The molecule has 1 rings (SSSR count). The van der Waals surface area contributed by atoms with Crippen molar-refractivity contribution < 1.29 is 4.79 Å². The van der Waals surface area contributed by atoms with Gasteiger partial charge in [0.15, 0.2) is 0 Å². The van der Waals surface area contributed by atoms with Crippen LogP contribution in [0.25, 0.3) is 0 Å². The Morgan fingerprint density at radius 3 is 2.67 bits per heavy atom. The highest BCUT2D eigenvalue weighted by Gasteiger charge is 2.28. The van der Waals surface area contributed by atoms with E-state index in [9.17, 15) is 4.79 Å². The molecule has 1 fully saturated rings. The second-order valence-electron chi connectivity index (χ2n) is 3.67. The van der Waals surface area contributed by atoms with Crippen molar-refractivity contribution in [3.63, 3.8) is 0 Å². The third-order valence-corrected chi connectivity index (χ3v) is 3.02. The summed E-state index contributed by atoms with van der Waals surface area (Å²) in [5.41, 5.74) is 0. The second-order valence-corrected chi connectivity index (χ2v) is 3.67. The quantitative estimate of drug-likeness (QED) is 0.672. The lowest BCUT2D eigenvalue weighted by Crippen LogP contribution is -2.34. The molecule has 1 aliphatic carbocycles. The molecule has 0 radical (unpaired) electrons. The molecule has 0 aliphatic heterocycles. The molecule has 0 aromatic heterocycles. The fourth-order valence-corrected chi connectivity index (χ4v) is 2.23. The molecule has 1 N–H and O–H groups in total. The van der Waals surface area contributed by atoms with Crippen molar-refractivity contribution in [3.05, 3.63) is 0 Å². The molecular weight excluding hydrogens is 150 g/mol. The number of carbonyl (C=O) groups excluding carboxylic acids is 1. The summed E-state index contributed by atoms with van der Waals surface area (Å²) in [4.78, 5) is 11.4. The minimum absolute atomic E-state index is 0.251. The molecule has 0 spiro atoms. The summed E-state index contributed by atoms with van der Waals surface area (Å²) in [6, 6.07) is 0. The van der Waals surface area contributed by atoms with Crippen LogP contribution in [0.5, 0.6) is 0 Å². The molecule has 70 valence electrons. The highest BCUT2D eigenvalue weighted by atomic mass is 16.1. The summed E-state index contributed by atoms with van der Waals surface area (Å²) >= 11 is 0. The Labute approximate surface area is 74.7 Å². The van der Waals surface area contributed by atoms with Gasteiger partial charge in [0.05, 0.1) is 0 Å². The third-order valence-electron chi connectivity index (χ3n) is 3.02. The van der Waals surface area contributed by atoms with Crippen molar-refractivity contribution in [2.75, 3.05) is 7.05 Å². The summed E-state index contributed by atoms with van der Waals surface area (Å²) in [6.45, 7) is 2.19. The van der Waals surface area contributed by atoms with Crippen molar-refractivity contribution in [3.8, 4) is 0 Å². The van der Waals surface area contributed by atoms with Gasteiger partial charge in [0, 0.05) is 13.0 Å². The summed E-state index contributed by atoms with van der Waals surface area (Å²) in [5, 5.41) is 2.76. The highest BCUT2D eigenvalue weighted by molar-refractivity contribution is 5.78. The van der Waals surface area contributed by atoms with Crippen LogP contribution in [0.4, 0.5) is 0 Å². The lowest BCUT2D eigenvalue weighted by molar-refractivity contribution is -0.127. The first-order valence-electron chi connectivity index (χ1n) is 5.01. The van der Waals surface area contributed by atoms with E-state index in [1.807, 2.05) is 0 Å². The van der Waals surface area contributed by atoms with Crippen LogP contribution in [0.2, 0.25) is 0 Å². The van der Waals surface area contributed by atoms with Gasteiger partial charge in [-0.15, -0.1) is 0 Å². The van der Waals surface area contributed by atoms with E-state index in [0.717, 1.165) is 12.8 Å². The number of rotatable bonds is 2. The monoisotopic (exact) mass is 169 g/mol. The molecule has 0 aromatic rings. The van der Waals surface area contributed by atoms with Gasteiger partial charge in [-0.3, -0.25) is 4.79 Å². The lowest BCUT2D eigenvalue weighted by atomic mass is 9.77. The average Bonchev–Trinajstić information content (AvgIpc) is 2.16. The number of nitrogens with one attached hydrogen (secondary N) is 1. The Morgan fingerprint density at radius 1 is 1.42 bits per heavy atom. The van der Waals surface area contributed by atoms with E-state index in [4.69, 9.17) is 0 Å². The van der Waals surface area contributed by atoms with Crippen molar-refractivity contribution in [2.24, 2.45) is 11.8 Å². The molecular formula is C10H19NO. The van der Waals surface area contributed by atoms with Gasteiger partial charge in [0.2, 0.25) is 5.91 Å². The van der Waals surface area contributed by atoms with E-state index < -0.39 is 0 Å². The van der Waals surface area contributed by atoms with E-state index in [1.165, 1.54) is 19.3 Å². The molecule has 0 heterocycles. The van der Waals surface area contributed by atoms with Crippen LogP contribution < -0.4 is 5.32 Å². The topological polar surface area (TPSA) is 29.1 Å². The third kappa shape index (κ3) is 1.99. The zero-order valence-electron chi connectivity index (χ0n) is 8.10. The average molecular weight is 169 g/mol. The van der Waals surface area contributed by atoms with Gasteiger partial charge in [-0.1, -0.05) is 26.2 Å². The van der Waals surface area contributed by atoms with E-state index in [1.54, 1.807) is 7.05 Å². The molecule has 2 nitrogen and oxygen atoms in total. The van der Waals surface area contributed by atoms with Gasteiger partial charge in [-0.2, -0.15) is 0 Å². The largest absolute Gasteiger partial charge is 0.359 e. The van der Waals surface area contributed by atoms with Gasteiger partial charge in [-0.05, 0) is 18.8 Å². The molecule has 1 aliphatic rings. The van der Waals surface area contributed by atoms with Crippen LogP contribution in [0.3, 0.4) is 0 Å². The van der Waals surface area contributed by atoms with Crippen molar-refractivity contribution >= 4 is 5.91 Å². The van der Waals surface area contributed by atoms with Gasteiger partial charge >= 0.3 is 0 Å². The number of hydrogen-bond donors (Lipinski definition) is 1. The molecule has 1 saturated carbocycles. The van der Waals surface area contributed by atoms with Crippen LogP contribution in [0, 0.1) is 11.8 Å². The zero-order chi connectivity index (χ0) is 8.97. The minimum atomic E-state index is 0.251. The molecule has 2 heteroatoms. The lowest BCUT2D eigenvalue weighted by Gasteiger charge is -2.29. The van der Waals surface area contributed by atoms with Crippen LogP contribution >= 0.6 is 0 Å². The fourth-order valence-electron chi connectivity index (χ4n) is 2.23. The fraction of sp³-hybridized carbons (Fsp3) is 0.900. The number of amides is 1. The normalized spacial score (nSPS) is 29.8. The molecule has 1 amide bonds. The first kappa shape index (κ1) is 9.56. The van der Waals surface area contributed by atoms with Gasteiger partial charge in [0.25, 0.3) is 0 Å². The van der Waals surface area contributed by atoms with Crippen molar-refractivity contribution in [1.29, 1.82) is 0 Å². The Hall–Kier alpha value is -0.530. The van der Waals surface area contributed by atoms with Crippen molar-refractivity contribution in [2.45, 2.75) is 39.0 Å². The van der Waals surface area contributed by atoms with Crippen LogP contribution in [-0.2, 0) is 4.79 Å². The molecule has 2 atom stereocenters. The summed E-state index contributed by atoms with van der Waals surface area (Å²) in [7, 11) is 1.74. The molecule has 0 bridgehead atoms. The molecule has 0 saturated heterocycles. The Balaban J connectivity index is 2.52. The first-order valence-corrected chi connectivity index (χ1v) is 5.01. The van der Waals surface area contributed by atoms with Crippen LogP contribution in [0.15, 0.2) is 0 Å². The van der Waals surface area contributed by atoms with E-state index >= 15 is 0 Å². The summed E-state index contributed by atoms with van der Waals surface area (Å²) in [5.74, 6) is 1.19. The molecule has 0 aromatic carbocycles. The SMILES string of the molecule is CCC1CCCCC1C(=O)NC.